The lowest BCUT2D eigenvalue weighted by molar-refractivity contribution is -0.117. The van der Waals surface area contributed by atoms with Gasteiger partial charge in [-0.25, -0.2) is 0 Å². The number of nitrogens with zero attached hydrogens (tertiary/aromatic N) is 1. The summed E-state index contributed by atoms with van der Waals surface area (Å²) >= 11 is 4.39. The first-order chi connectivity index (χ1) is 14.2. The molecule has 0 saturated heterocycles. The van der Waals surface area contributed by atoms with Gasteiger partial charge in [-0.1, -0.05) is 78.1 Å². The Bertz CT molecular complexity index is 957. The summed E-state index contributed by atoms with van der Waals surface area (Å²) in [4.78, 5) is 15.5. The van der Waals surface area contributed by atoms with Crippen molar-refractivity contribution in [3.8, 4) is 6.07 Å². The van der Waals surface area contributed by atoms with E-state index in [1.165, 1.54) is 35.3 Å². The van der Waals surface area contributed by atoms with E-state index in [2.05, 4.69) is 11.4 Å². The molecule has 0 aliphatic carbocycles. The van der Waals surface area contributed by atoms with Crippen LogP contribution in [0, 0.1) is 11.3 Å². The van der Waals surface area contributed by atoms with Crippen LogP contribution < -0.4 is 5.32 Å². The van der Waals surface area contributed by atoms with E-state index in [1.54, 1.807) is 0 Å². The van der Waals surface area contributed by atoms with Crippen LogP contribution in [0.4, 0.5) is 0 Å². The highest BCUT2D eigenvalue weighted by Gasteiger charge is 2.14. The fourth-order valence-corrected chi connectivity index (χ4v) is 5.16. The lowest BCUT2D eigenvalue weighted by Crippen LogP contribution is -2.24. The summed E-state index contributed by atoms with van der Waals surface area (Å²) in [6.07, 6.45) is 0. The van der Waals surface area contributed by atoms with E-state index in [0.29, 0.717) is 0 Å². The first-order valence-corrected chi connectivity index (χ1v) is 11.4. The number of carbonyl (C=O) groups excluding carboxylic acids is 1. The molecule has 0 aliphatic heterocycles. The molecule has 0 aliphatic rings. The molecule has 3 rings (SSSR count). The Kier molecular flexibility index (Phi) is 8.32. The van der Waals surface area contributed by atoms with Crippen molar-refractivity contribution in [3.63, 3.8) is 0 Å². The summed E-state index contributed by atoms with van der Waals surface area (Å²) in [6.45, 7) is 0. The minimum atomic E-state index is -0.199. The predicted molar refractivity (Wildman–Crippen MR) is 123 cm³/mol. The van der Waals surface area contributed by atoms with Gasteiger partial charge in [-0.3, -0.25) is 4.79 Å². The van der Waals surface area contributed by atoms with E-state index in [-0.39, 0.29) is 17.4 Å². The van der Waals surface area contributed by atoms with Gasteiger partial charge in [0.15, 0.2) is 0 Å². The number of carbonyl (C=O) groups is 1. The molecule has 1 amide bonds. The van der Waals surface area contributed by atoms with Gasteiger partial charge in [-0.15, -0.1) is 11.8 Å². The van der Waals surface area contributed by atoms with E-state index in [4.69, 9.17) is 0 Å². The monoisotopic (exact) mass is 434 g/mol. The smallest absolute Gasteiger partial charge is 0.235 e. The van der Waals surface area contributed by atoms with Crippen molar-refractivity contribution in [2.75, 3.05) is 5.75 Å². The first-order valence-electron chi connectivity index (χ1n) is 8.82. The summed E-state index contributed by atoms with van der Waals surface area (Å²) < 4.78 is 0.739. The zero-order valence-corrected chi connectivity index (χ0v) is 17.9. The second-order valence-corrected chi connectivity index (χ2v) is 9.23. The topological polar surface area (TPSA) is 52.9 Å². The van der Waals surface area contributed by atoms with Crippen molar-refractivity contribution in [1.82, 2.24) is 5.32 Å². The Morgan fingerprint density at radius 1 is 0.759 bits per heavy atom. The second-order valence-electron chi connectivity index (χ2n) is 5.75. The van der Waals surface area contributed by atoms with Crippen molar-refractivity contribution >= 4 is 41.2 Å². The van der Waals surface area contributed by atoms with Gasteiger partial charge >= 0.3 is 0 Å². The molecule has 0 spiro atoms. The summed E-state index contributed by atoms with van der Waals surface area (Å²) in [6, 6.07) is 31.5. The van der Waals surface area contributed by atoms with Gasteiger partial charge < -0.3 is 5.32 Å². The Labute approximate surface area is 183 Å². The summed E-state index contributed by atoms with van der Waals surface area (Å²) in [7, 11) is 0. The Morgan fingerprint density at radius 3 is 1.66 bits per heavy atom. The SMILES string of the molecule is N#CC(NC(=O)CSc1ccccc1)=C(Sc1ccccc1)Sc1ccccc1. The minimum Gasteiger partial charge on any atom is -0.315 e. The third-order valence-electron chi connectivity index (χ3n) is 3.60. The fourth-order valence-electron chi connectivity index (χ4n) is 2.28. The zero-order valence-electron chi connectivity index (χ0n) is 15.4. The summed E-state index contributed by atoms with van der Waals surface area (Å²) in [5.41, 5.74) is 0.270. The number of rotatable bonds is 8. The number of allylic oxidation sites excluding steroid dienone is 1. The van der Waals surface area contributed by atoms with Crippen molar-refractivity contribution in [2.24, 2.45) is 0 Å². The number of hydrogen-bond donors (Lipinski definition) is 1. The molecule has 144 valence electrons. The third kappa shape index (κ3) is 7.06. The number of amides is 1. The molecule has 3 nitrogen and oxygen atoms in total. The van der Waals surface area contributed by atoms with Crippen molar-refractivity contribution in [2.45, 2.75) is 14.7 Å². The number of benzene rings is 3. The van der Waals surface area contributed by atoms with Crippen molar-refractivity contribution in [1.29, 1.82) is 5.26 Å². The molecular weight excluding hydrogens is 416 g/mol. The van der Waals surface area contributed by atoms with Gasteiger partial charge in [-0.05, 0) is 36.4 Å². The lowest BCUT2D eigenvalue weighted by Gasteiger charge is -2.11. The van der Waals surface area contributed by atoms with Gasteiger partial charge in [0.05, 0.1) is 9.99 Å². The van der Waals surface area contributed by atoms with Crippen LogP contribution in [0.2, 0.25) is 0 Å². The van der Waals surface area contributed by atoms with Gasteiger partial charge in [0.25, 0.3) is 0 Å². The molecule has 6 heteroatoms. The molecule has 0 radical (unpaired) electrons. The van der Waals surface area contributed by atoms with Crippen LogP contribution >= 0.6 is 35.3 Å². The summed E-state index contributed by atoms with van der Waals surface area (Å²) in [5.74, 6) is 0.0457. The zero-order chi connectivity index (χ0) is 20.3. The number of nitrogens with one attached hydrogen (secondary N) is 1. The third-order valence-corrected chi connectivity index (χ3v) is 6.91. The maximum Gasteiger partial charge on any atom is 0.235 e. The lowest BCUT2D eigenvalue weighted by atomic mass is 10.4. The van der Waals surface area contributed by atoms with E-state index < -0.39 is 0 Å². The highest BCUT2D eigenvalue weighted by molar-refractivity contribution is 8.22. The maximum absolute atomic E-state index is 12.5. The summed E-state index contributed by atoms with van der Waals surface area (Å²) in [5, 5.41) is 12.5. The van der Waals surface area contributed by atoms with Gasteiger partial charge in [0.2, 0.25) is 5.91 Å². The van der Waals surface area contributed by atoms with E-state index in [1.807, 2.05) is 91.0 Å². The number of nitriles is 1. The number of thioether (sulfide) groups is 3. The van der Waals surface area contributed by atoms with Gasteiger partial charge in [-0.2, -0.15) is 5.26 Å². The Hall–Kier alpha value is -2.59. The minimum absolute atomic E-state index is 0.199. The molecule has 0 atom stereocenters. The average Bonchev–Trinajstić information content (AvgIpc) is 2.78. The van der Waals surface area contributed by atoms with Crippen LogP contribution in [-0.4, -0.2) is 11.7 Å². The molecule has 29 heavy (non-hydrogen) atoms. The Morgan fingerprint density at radius 2 is 1.21 bits per heavy atom. The highest BCUT2D eigenvalue weighted by Crippen LogP contribution is 2.40. The number of hydrogen-bond acceptors (Lipinski definition) is 5. The normalized spacial score (nSPS) is 10.0. The molecule has 3 aromatic carbocycles. The molecule has 0 aromatic heterocycles. The molecule has 0 fully saturated rings. The van der Waals surface area contributed by atoms with Crippen LogP contribution in [0.1, 0.15) is 0 Å². The second kappa shape index (κ2) is 11.4. The molecule has 0 unspecified atom stereocenters. The van der Waals surface area contributed by atoms with Crippen molar-refractivity contribution in [3.05, 3.63) is 101 Å². The van der Waals surface area contributed by atoms with Crippen LogP contribution in [-0.2, 0) is 4.79 Å². The van der Waals surface area contributed by atoms with Crippen LogP contribution in [0.25, 0.3) is 0 Å². The van der Waals surface area contributed by atoms with Gasteiger partial charge in [0, 0.05) is 14.7 Å². The predicted octanol–water partition coefficient (Wildman–Crippen LogP) is 6.17. The van der Waals surface area contributed by atoms with Crippen LogP contribution in [0.3, 0.4) is 0 Å². The van der Waals surface area contributed by atoms with E-state index >= 15 is 0 Å². The first kappa shape index (κ1) is 21.1. The van der Waals surface area contributed by atoms with Crippen LogP contribution in [0.15, 0.2) is 116 Å². The average molecular weight is 435 g/mol. The standard InChI is InChI=1S/C23H18N2OS3/c24-16-21(25-22(26)17-27-18-10-4-1-5-11-18)23(28-19-12-6-2-7-13-19)29-20-14-8-3-9-15-20/h1-15H,17H2,(H,25,26). The quantitative estimate of drug-likeness (QED) is 0.339. The molecule has 3 aromatic rings. The highest BCUT2D eigenvalue weighted by atomic mass is 32.2. The maximum atomic E-state index is 12.5. The fraction of sp³-hybridized carbons (Fsp3) is 0.0435. The molecule has 0 bridgehead atoms. The van der Waals surface area contributed by atoms with E-state index in [0.717, 1.165) is 18.9 Å². The molecule has 0 saturated carbocycles. The molecule has 1 N–H and O–H groups in total. The van der Waals surface area contributed by atoms with Gasteiger partial charge in [0.1, 0.15) is 11.8 Å². The largest absolute Gasteiger partial charge is 0.315 e. The van der Waals surface area contributed by atoms with E-state index in [9.17, 15) is 10.1 Å². The molecular formula is C23H18N2OS3. The molecule has 0 heterocycles. The van der Waals surface area contributed by atoms with Crippen molar-refractivity contribution < 1.29 is 4.79 Å². The van der Waals surface area contributed by atoms with Crippen LogP contribution in [0.5, 0.6) is 0 Å². The Balaban J connectivity index is 1.77.